The zero-order valence-electron chi connectivity index (χ0n) is 20.1. The summed E-state index contributed by atoms with van der Waals surface area (Å²) >= 11 is 0. The van der Waals surface area contributed by atoms with Crippen LogP contribution in [0.3, 0.4) is 0 Å². The van der Waals surface area contributed by atoms with Gasteiger partial charge in [-0.2, -0.15) is 5.10 Å². The van der Waals surface area contributed by atoms with Gasteiger partial charge in [0, 0.05) is 36.8 Å². The molecule has 3 amide bonds. The van der Waals surface area contributed by atoms with Gasteiger partial charge in [-0.25, -0.2) is 19.1 Å². The summed E-state index contributed by atoms with van der Waals surface area (Å²) in [6, 6.07) is 12.8. The Kier molecular flexibility index (Phi) is 7.59. The van der Waals surface area contributed by atoms with Crippen LogP contribution in [0.5, 0.6) is 0 Å². The van der Waals surface area contributed by atoms with Crippen LogP contribution in [0.2, 0.25) is 0 Å². The molecule has 4 aromatic rings. The minimum Gasteiger partial charge on any atom is -0.465 e. The summed E-state index contributed by atoms with van der Waals surface area (Å²) in [7, 11) is 2.84. The van der Waals surface area contributed by atoms with Gasteiger partial charge in [-0.15, -0.1) is 0 Å². The maximum atomic E-state index is 12.9. The molecule has 0 aliphatic heterocycles. The largest absolute Gasteiger partial charge is 0.465 e. The van der Waals surface area contributed by atoms with E-state index in [-0.39, 0.29) is 11.7 Å². The second kappa shape index (κ2) is 11.2. The molecule has 0 atom stereocenters. The van der Waals surface area contributed by atoms with Crippen LogP contribution in [-0.2, 0) is 9.47 Å². The average Bonchev–Trinajstić information content (AvgIpc) is 3.30. The summed E-state index contributed by atoms with van der Waals surface area (Å²) < 4.78 is 11.2. The van der Waals surface area contributed by atoms with Gasteiger partial charge in [0.2, 0.25) is 0 Å². The Morgan fingerprint density at radius 1 is 1.03 bits per heavy atom. The van der Waals surface area contributed by atoms with Gasteiger partial charge in [-0.1, -0.05) is 18.2 Å². The summed E-state index contributed by atoms with van der Waals surface area (Å²) in [5, 5.41) is 12.4. The molecule has 0 saturated carbocycles. The van der Waals surface area contributed by atoms with Gasteiger partial charge < -0.3 is 31.2 Å². The Morgan fingerprint density at radius 3 is 2.51 bits per heavy atom. The van der Waals surface area contributed by atoms with E-state index in [0.717, 1.165) is 0 Å². The number of carbonyl (C=O) groups is 3. The molecule has 2 heterocycles. The number of methoxy groups -OCH3 is 2. The summed E-state index contributed by atoms with van der Waals surface area (Å²) in [4.78, 5) is 41.2. The highest BCUT2D eigenvalue weighted by Gasteiger charge is 2.21. The van der Waals surface area contributed by atoms with Crippen LogP contribution in [-0.4, -0.2) is 59.9 Å². The van der Waals surface area contributed by atoms with Gasteiger partial charge in [0.15, 0.2) is 5.82 Å². The predicted octanol–water partition coefficient (Wildman–Crippen LogP) is 2.79. The quantitative estimate of drug-likeness (QED) is 0.211. The van der Waals surface area contributed by atoms with E-state index in [0.29, 0.717) is 52.3 Å². The molecule has 0 spiro atoms. The fraction of sp³-hybridized carbons (Fsp3) is 0.160. The summed E-state index contributed by atoms with van der Waals surface area (Å²) in [6.45, 7) is 0.703. The van der Waals surface area contributed by atoms with Crippen molar-refractivity contribution in [1.82, 2.24) is 19.9 Å². The number of fused-ring (bicyclic) bond motifs is 1. The van der Waals surface area contributed by atoms with Gasteiger partial charge in [-0.3, -0.25) is 4.79 Å². The van der Waals surface area contributed by atoms with E-state index < -0.39 is 12.0 Å². The van der Waals surface area contributed by atoms with Crippen LogP contribution in [0, 0.1) is 0 Å². The lowest BCUT2D eigenvalue weighted by Gasteiger charge is -2.10. The first kappa shape index (κ1) is 25.1. The average molecular weight is 504 g/mol. The number of anilines is 3. The molecule has 37 heavy (non-hydrogen) atoms. The van der Waals surface area contributed by atoms with E-state index in [1.165, 1.54) is 24.0 Å². The number of hydrogen-bond acceptors (Lipinski definition) is 8. The maximum absolute atomic E-state index is 12.9. The minimum absolute atomic E-state index is 0.219. The van der Waals surface area contributed by atoms with E-state index >= 15 is 0 Å². The molecule has 0 aliphatic rings. The molecule has 5 N–H and O–H groups in total. The number of rotatable bonds is 8. The van der Waals surface area contributed by atoms with Gasteiger partial charge in [0.1, 0.15) is 11.8 Å². The third-order valence-corrected chi connectivity index (χ3v) is 5.41. The molecule has 4 rings (SSSR count). The smallest absolute Gasteiger partial charge is 0.337 e. The van der Waals surface area contributed by atoms with Crippen molar-refractivity contribution in [2.24, 2.45) is 0 Å². The molecule has 2 aromatic heterocycles. The number of benzene rings is 2. The van der Waals surface area contributed by atoms with Crippen molar-refractivity contribution < 1.29 is 23.9 Å². The van der Waals surface area contributed by atoms with Crippen molar-refractivity contribution in [3.8, 4) is 11.1 Å². The zero-order chi connectivity index (χ0) is 26.4. The Morgan fingerprint density at radius 2 is 1.78 bits per heavy atom. The summed E-state index contributed by atoms with van der Waals surface area (Å²) in [6.07, 6.45) is 2.90. The zero-order valence-corrected chi connectivity index (χ0v) is 20.1. The van der Waals surface area contributed by atoms with E-state index in [4.69, 9.17) is 15.2 Å². The number of nitrogens with two attached hydrogens (primary N) is 1. The molecule has 0 bridgehead atoms. The van der Waals surface area contributed by atoms with Crippen LogP contribution in [0.25, 0.3) is 16.6 Å². The van der Waals surface area contributed by atoms with E-state index in [9.17, 15) is 14.4 Å². The highest BCUT2D eigenvalue weighted by Crippen LogP contribution is 2.33. The van der Waals surface area contributed by atoms with Crippen LogP contribution in [0.1, 0.15) is 20.7 Å². The number of nitrogens with one attached hydrogen (secondary N) is 3. The number of esters is 1. The van der Waals surface area contributed by atoms with Gasteiger partial charge in [0.25, 0.3) is 5.91 Å². The van der Waals surface area contributed by atoms with Gasteiger partial charge in [0.05, 0.1) is 24.8 Å². The van der Waals surface area contributed by atoms with Crippen molar-refractivity contribution in [2.45, 2.75) is 0 Å². The topological polar surface area (TPSA) is 162 Å². The van der Waals surface area contributed by atoms with Crippen LogP contribution >= 0.6 is 0 Å². The minimum atomic E-state index is -0.504. The standard InChI is InChI=1S/C25H25N7O5/c1-36-11-10-27-23(33)19-13-32-21(22(26)28-14-29-32)20(19)15-6-8-17(9-7-15)30-25(35)31-18-5-3-4-16(12-18)24(34)37-2/h3-9,12-14H,10-11H2,1-2H3,(H,27,33)(H2,26,28,29)(H2,30,31,35). The third kappa shape index (κ3) is 5.65. The maximum Gasteiger partial charge on any atom is 0.337 e. The van der Waals surface area contributed by atoms with Crippen molar-refractivity contribution in [3.05, 3.63) is 72.2 Å². The first-order valence-electron chi connectivity index (χ1n) is 11.2. The molecule has 0 saturated heterocycles. The van der Waals surface area contributed by atoms with E-state index in [1.54, 1.807) is 55.8 Å². The fourth-order valence-corrected chi connectivity index (χ4v) is 3.72. The predicted molar refractivity (Wildman–Crippen MR) is 137 cm³/mol. The number of ether oxygens (including phenoxy) is 2. The molecule has 190 valence electrons. The first-order valence-corrected chi connectivity index (χ1v) is 11.2. The summed E-state index contributed by atoms with van der Waals surface area (Å²) in [5.74, 6) is -0.597. The number of carbonyl (C=O) groups excluding carboxylic acids is 3. The molecular formula is C25H25N7O5. The van der Waals surface area contributed by atoms with Crippen LogP contribution < -0.4 is 21.7 Å². The normalized spacial score (nSPS) is 10.6. The Bertz CT molecular complexity index is 1450. The lowest BCUT2D eigenvalue weighted by Crippen LogP contribution is -2.27. The molecule has 2 aromatic carbocycles. The number of urea groups is 1. The summed E-state index contributed by atoms with van der Waals surface area (Å²) in [5.41, 5.74) is 9.46. The number of amides is 3. The highest BCUT2D eigenvalue weighted by atomic mass is 16.5. The van der Waals surface area contributed by atoms with E-state index in [1.807, 2.05) is 0 Å². The molecule has 0 aliphatic carbocycles. The Balaban J connectivity index is 1.55. The van der Waals surface area contributed by atoms with Crippen molar-refractivity contribution in [3.63, 3.8) is 0 Å². The van der Waals surface area contributed by atoms with Gasteiger partial charge >= 0.3 is 12.0 Å². The highest BCUT2D eigenvalue weighted by molar-refractivity contribution is 6.07. The Labute approximate surface area is 211 Å². The van der Waals surface area contributed by atoms with Crippen molar-refractivity contribution >= 4 is 40.6 Å². The lowest BCUT2D eigenvalue weighted by molar-refractivity contribution is 0.0600. The number of hydrogen-bond donors (Lipinski definition) is 4. The molecule has 0 radical (unpaired) electrons. The molecular weight excluding hydrogens is 478 g/mol. The molecule has 12 nitrogen and oxygen atoms in total. The lowest BCUT2D eigenvalue weighted by atomic mass is 10.0. The SMILES string of the molecule is COCCNC(=O)c1cn2ncnc(N)c2c1-c1ccc(NC(=O)Nc2cccc(C(=O)OC)c2)cc1. The molecule has 0 unspecified atom stereocenters. The van der Waals surface area contributed by atoms with Gasteiger partial charge in [-0.05, 0) is 35.9 Å². The number of nitrogens with zero attached hydrogens (tertiary/aromatic N) is 3. The fourth-order valence-electron chi connectivity index (χ4n) is 3.72. The van der Waals surface area contributed by atoms with Crippen molar-refractivity contribution in [1.29, 1.82) is 0 Å². The second-order valence-corrected chi connectivity index (χ2v) is 7.83. The number of aromatic nitrogens is 3. The van der Waals surface area contributed by atoms with Crippen molar-refractivity contribution in [2.75, 3.05) is 43.7 Å². The monoisotopic (exact) mass is 503 g/mol. The van der Waals surface area contributed by atoms with Crippen LogP contribution in [0.15, 0.2) is 61.1 Å². The molecule has 0 fully saturated rings. The van der Waals surface area contributed by atoms with Crippen LogP contribution in [0.4, 0.5) is 22.0 Å². The third-order valence-electron chi connectivity index (χ3n) is 5.41. The Hall–Kier alpha value is -4.97. The second-order valence-electron chi connectivity index (χ2n) is 7.83. The molecule has 12 heteroatoms. The van der Waals surface area contributed by atoms with E-state index in [2.05, 4.69) is 26.0 Å². The first-order chi connectivity index (χ1) is 17.9. The number of nitrogen functional groups attached to an aromatic ring is 1.